The summed E-state index contributed by atoms with van der Waals surface area (Å²) in [7, 11) is 0. The first-order valence-electron chi connectivity index (χ1n) is 6.79. The summed E-state index contributed by atoms with van der Waals surface area (Å²) in [5, 5.41) is 2.52. The summed E-state index contributed by atoms with van der Waals surface area (Å²) in [6.45, 7) is 1.08. The van der Waals surface area contributed by atoms with Crippen LogP contribution >= 0.6 is 0 Å². The van der Waals surface area contributed by atoms with Crippen molar-refractivity contribution < 1.29 is 23.0 Å². The number of hydrogen-bond donors (Lipinski definition) is 1. The molecule has 0 bridgehead atoms. The van der Waals surface area contributed by atoms with E-state index in [4.69, 9.17) is 9.47 Å². The van der Waals surface area contributed by atoms with Gasteiger partial charge in [0.2, 0.25) is 0 Å². The van der Waals surface area contributed by atoms with Gasteiger partial charge in [-0.15, -0.1) is 0 Å². The van der Waals surface area contributed by atoms with Gasteiger partial charge >= 0.3 is 0 Å². The molecule has 0 atom stereocenters. The van der Waals surface area contributed by atoms with E-state index in [2.05, 4.69) is 5.32 Å². The second-order valence-corrected chi connectivity index (χ2v) is 4.79. The quantitative estimate of drug-likeness (QED) is 0.925. The van der Waals surface area contributed by atoms with E-state index in [0.29, 0.717) is 30.4 Å². The first-order chi connectivity index (χ1) is 10.6. The topological polar surface area (TPSA) is 47.6 Å². The number of carbonyl (C=O) groups excluding carboxylic acids is 1. The second-order valence-electron chi connectivity index (χ2n) is 4.79. The van der Waals surface area contributed by atoms with E-state index in [1.807, 2.05) is 0 Å². The van der Waals surface area contributed by atoms with Crippen LogP contribution in [0.1, 0.15) is 16.8 Å². The Morgan fingerprint density at radius 3 is 2.59 bits per heavy atom. The van der Waals surface area contributed by atoms with Gasteiger partial charge in [0.25, 0.3) is 5.91 Å². The van der Waals surface area contributed by atoms with Gasteiger partial charge in [-0.2, -0.15) is 0 Å². The molecule has 2 aromatic rings. The Kier molecular flexibility index (Phi) is 3.91. The molecule has 2 aromatic carbocycles. The third kappa shape index (κ3) is 3.00. The van der Waals surface area contributed by atoms with Crippen LogP contribution in [0.15, 0.2) is 36.4 Å². The largest absolute Gasteiger partial charge is 0.490 e. The molecule has 1 aliphatic heterocycles. The van der Waals surface area contributed by atoms with E-state index < -0.39 is 17.5 Å². The van der Waals surface area contributed by atoms with Crippen LogP contribution in [0.2, 0.25) is 0 Å². The van der Waals surface area contributed by atoms with Crippen LogP contribution in [0.3, 0.4) is 0 Å². The molecule has 114 valence electrons. The van der Waals surface area contributed by atoms with Crippen molar-refractivity contribution in [1.29, 1.82) is 0 Å². The molecule has 4 nitrogen and oxygen atoms in total. The highest BCUT2D eigenvalue weighted by molar-refractivity contribution is 6.04. The van der Waals surface area contributed by atoms with Gasteiger partial charge in [-0.1, -0.05) is 0 Å². The maximum absolute atomic E-state index is 13.6. The molecule has 3 rings (SSSR count). The molecule has 0 unspecified atom stereocenters. The third-order valence-corrected chi connectivity index (χ3v) is 3.18. The van der Waals surface area contributed by atoms with Crippen LogP contribution in [-0.2, 0) is 0 Å². The smallest absolute Gasteiger partial charge is 0.258 e. The summed E-state index contributed by atoms with van der Waals surface area (Å²) in [5.41, 5.74) is 0.0602. The fraction of sp³-hybridized carbons (Fsp3) is 0.188. The number of anilines is 1. The molecule has 0 saturated carbocycles. The average Bonchev–Trinajstić information content (AvgIpc) is 2.74. The number of benzene rings is 2. The van der Waals surface area contributed by atoms with Gasteiger partial charge < -0.3 is 14.8 Å². The Hall–Kier alpha value is -2.63. The normalized spacial score (nSPS) is 13.4. The zero-order valence-electron chi connectivity index (χ0n) is 11.6. The van der Waals surface area contributed by atoms with Gasteiger partial charge in [0.15, 0.2) is 11.5 Å². The molecule has 1 aliphatic rings. The highest BCUT2D eigenvalue weighted by Crippen LogP contribution is 2.32. The number of amides is 1. The fourth-order valence-electron chi connectivity index (χ4n) is 2.11. The number of rotatable bonds is 2. The van der Waals surface area contributed by atoms with Crippen LogP contribution < -0.4 is 14.8 Å². The molecule has 0 aromatic heterocycles. The summed E-state index contributed by atoms with van der Waals surface area (Å²) < 4.78 is 37.7. The molecular weight excluding hydrogens is 292 g/mol. The summed E-state index contributed by atoms with van der Waals surface area (Å²) in [6.07, 6.45) is 0.769. The molecule has 1 heterocycles. The first-order valence-corrected chi connectivity index (χ1v) is 6.79. The Morgan fingerprint density at radius 2 is 1.77 bits per heavy atom. The van der Waals surface area contributed by atoms with E-state index in [1.165, 1.54) is 0 Å². The van der Waals surface area contributed by atoms with Crippen molar-refractivity contribution >= 4 is 11.6 Å². The van der Waals surface area contributed by atoms with Crippen LogP contribution in [-0.4, -0.2) is 19.1 Å². The number of ether oxygens (including phenoxy) is 2. The molecule has 22 heavy (non-hydrogen) atoms. The zero-order valence-corrected chi connectivity index (χ0v) is 11.6. The lowest BCUT2D eigenvalue weighted by atomic mass is 10.2. The van der Waals surface area contributed by atoms with Gasteiger partial charge in [0, 0.05) is 18.2 Å². The molecule has 0 fully saturated rings. The predicted octanol–water partition coefficient (Wildman–Crippen LogP) is 3.38. The van der Waals surface area contributed by atoms with Crippen LogP contribution in [0, 0.1) is 11.6 Å². The monoisotopic (exact) mass is 305 g/mol. The van der Waals surface area contributed by atoms with Crippen LogP contribution in [0.5, 0.6) is 11.5 Å². The molecular formula is C16H13F2NO3. The van der Waals surface area contributed by atoms with E-state index in [0.717, 1.165) is 24.6 Å². The standard InChI is InChI=1S/C16H13F2NO3/c17-10-2-4-13(18)12(8-10)16(20)19-11-3-5-14-15(9-11)22-7-1-6-21-14/h2-5,8-9H,1,6-7H2,(H,19,20). The summed E-state index contributed by atoms with van der Waals surface area (Å²) in [4.78, 5) is 12.0. The van der Waals surface area contributed by atoms with E-state index in [1.54, 1.807) is 18.2 Å². The Balaban J connectivity index is 1.82. The predicted molar refractivity (Wildman–Crippen MR) is 76.4 cm³/mol. The molecule has 0 radical (unpaired) electrons. The lowest BCUT2D eigenvalue weighted by Gasteiger charge is -2.10. The van der Waals surface area contributed by atoms with Crippen molar-refractivity contribution in [3.63, 3.8) is 0 Å². The summed E-state index contributed by atoms with van der Waals surface area (Å²) in [5.74, 6) is -1.09. The zero-order chi connectivity index (χ0) is 15.5. The lowest BCUT2D eigenvalue weighted by molar-refractivity contribution is 0.102. The third-order valence-electron chi connectivity index (χ3n) is 3.18. The number of fused-ring (bicyclic) bond motifs is 1. The number of nitrogens with one attached hydrogen (secondary N) is 1. The highest BCUT2D eigenvalue weighted by Gasteiger charge is 2.15. The number of halogens is 2. The average molecular weight is 305 g/mol. The minimum atomic E-state index is -0.784. The summed E-state index contributed by atoms with van der Waals surface area (Å²) >= 11 is 0. The van der Waals surface area contributed by atoms with Gasteiger partial charge in [-0.05, 0) is 30.3 Å². The van der Waals surface area contributed by atoms with Crippen molar-refractivity contribution in [2.24, 2.45) is 0 Å². The van der Waals surface area contributed by atoms with E-state index in [9.17, 15) is 13.6 Å². The Labute approximate surface area is 125 Å². The lowest BCUT2D eigenvalue weighted by Crippen LogP contribution is -2.14. The van der Waals surface area contributed by atoms with Crippen molar-refractivity contribution in [2.75, 3.05) is 18.5 Å². The summed E-state index contributed by atoms with van der Waals surface area (Å²) in [6, 6.07) is 7.60. The second kappa shape index (κ2) is 6.01. The van der Waals surface area contributed by atoms with Crippen LogP contribution in [0.4, 0.5) is 14.5 Å². The van der Waals surface area contributed by atoms with Gasteiger partial charge in [-0.3, -0.25) is 4.79 Å². The minimum Gasteiger partial charge on any atom is -0.490 e. The van der Waals surface area contributed by atoms with Gasteiger partial charge in [-0.25, -0.2) is 8.78 Å². The molecule has 1 N–H and O–H groups in total. The van der Waals surface area contributed by atoms with Crippen molar-refractivity contribution in [1.82, 2.24) is 0 Å². The van der Waals surface area contributed by atoms with Gasteiger partial charge in [0.1, 0.15) is 11.6 Å². The SMILES string of the molecule is O=C(Nc1ccc2c(c1)OCCCO2)c1cc(F)ccc1F. The maximum atomic E-state index is 13.6. The van der Waals surface area contributed by atoms with E-state index >= 15 is 0 Å². The fourth-order valence-corrected chi connectivity index (χ4v) is 2.11. The maximum Gasteiger partial charge on any atom is 0.258 e. The number of hydrogen-bond acceptors (Lipinski definition) is 3. The molecule has 0 saturated heterocycles. The number of carbonyl (C=O) groups is 1. The Morgan fingerprint density at radius 1 is 1.00 bits per heavy atom. The minimum absolute atomic E-state index is 0.355. The van der Waals surface area contributed by atoms with Crippen molar-refractivity contribution in [3.8, 4) is 11.5 Å². The molecule has 6 heteroatoms. The van der Waals surface area contributed by atoms with E-state index in [-0.39, 0.29) is 5.56 Å². The molecule has 0 spiro atoms. The first kappa shape index (κ1) is 14.3. The molecule has 1 amide bonds. The molecule has 0 aliphatic carbocycles. The van der Waals surface area contributed by atoms with Crippen molar-refractivity contribution in [3.05, 3.63) is 53.6 Å². The van der Waals surface area contributed by atoms with Gasteiger partial charge in [0.05, 0.1) is 18.8 Å². The van der Waals surface area contributed by atoms with Crippen molar-refractivity contribution in [2.45, 2.75) is 6.42 Å². The highest BCUT2D eigenvalue weighted by atomic mass is 19.1. The van der Waals surface area contributed by atoms with Crippen LogP contribution in [0.25, 0.3) is 0 Å². The Bertz CT molecular complexity index is 719.